The van der Waals surface area contributed by atoms with Crippen LogP contribution in [0.15, 0.2) is 48.8 Å². The van der Waals surface area contributed by atoms with E-state index in [1.54, 1.807) is 0 Å². The third-order valence-corrected chi connectivity index (χ3v) is 3.25. The molecule has 96 valence electrons. The Balaban J connectivity index is 1.96. The van der Waals surface area contributed by atoms with E-state index in [1.807, 2.05) is 29.2 Å². The topological polar surface area (TPSA) is 17.0 Å². The fraction of sp³-hybridized carbons (Fsp3) is 0.375. The van der Waals surface area contributed by atoms with Gasteiger partial charge in [0.05, 0.1) is 6.04 Å². The minimum absolute atomic E-state index is 0.317. The molecular weight excluding hydrogens is 220 g/mol. The average Bonchev–Trinajstić information content (AvgIpc) is 2.89. The Labute approximate surface area is 110 Å². The van der Waals surface area contributed by atoms with Gasteiger partial charge in [-0.1, -0.05) is 37.6 Å². The summed E-state index contributed by atoms with van der Waals surface area (Å²) < 4.78 is 2.00. The van der Waals surface area contributed by atoms with E-state index in [2.05, 4.69) is 43.5 Å². The van der Waals surface area contributed by atoms with E-state index in [1.165, 1.54) is 30.4 Å². The lowest BCUT2D eigenvalue weighted by molar-refractivity contribution is 0.727. The molecule has 0 aliphatic carbocycles. The van der Waals surface area contributed by atoms with Gasteiger partial charge in [-0.25, -0.2) is 0 Å². The molecule has 1 aromatic heterocycles. The Morgan fingerprint density at radius 3 is 2.39 bits per heavy atom. The molecule has 1 heterocycles. The molecule has 1 N–H and O–H groups in total. The second kappa shape index (κ2) is 6.29. The van der Waals surface area contributed by atoms with Crippen LogP contribution in [0.25, 0.3) is 0 Å². The summed E-state index contributed by atoms with van der Waals surface area (Å²) in [6.45, 7) is 4.42. The quantitative estimate of drug-likeness (QED) is 0.805. The number of rotatable bonds is 6. The summed E-state index contributed by atoms with van der Waals surface area (Å²) in [5.41, 5.74) is 6.18. The molecule has 18 heavy (non-hydrogen) atoms. The van der Waals surface area contributed by atoms with Crippen LogP contribution in [0.2, 0.25) is 0 Å². The van der Waals surface area contributed by atoms with E-state index in [4.69, 9.17) is 0 Å². The van der Waals surface area contributed by atoms with Crippen LogP contribution in [0.3, 0.4) is 0 Å². The molecule has 0 bridgehead atoms. The van der Waals surface area contributed by atoms with Gasteiger partial charge in [0.1, 0.15) is 0 Å². The first-order valence-electron chi connectivity index (χ1n) is 6.78. The molecule has 1 atom stereocenters. The van der Waals surface area contributed by atoms with Crippen molar-refractivity contribution in [3.8, 4) is 0 Å². The van der Waals surface area contributed by atoms with Crippen LogP contribution >= 0.6 is 0 Å². The van der Waals surface area contributed by atoms with Crippen LogP contribution in [0, 0.1) is 0 Å². The second-order valence-corrected chi connectivity index (χ2v) is 4.79. The average molecular weight is 242 g/mol. The van der Waals surface area contributed by atoms with Crippen molar-refractivity contribution in [2.75, 3.05) is 5.43 Å². The van der Waals surface area contributed by atoms with E-state index in [0.29, 0.717) is 6.04 Å². The van der Waals surface area contributed by atoms with Gasteiger partial charge in [-0.3, -0.25) is 4.68 Å². The molecule has 0 saturated heterocycles. The molecule has 0 fully saturated rings. The van der Waals surface area contributed by atoms with Gasteiger partial charge in [-0.15, -0.1) is 0 Å². The molecule has 2 nitrogen and oxygen atoms in total. The molecule has 2 heteroatoms. The molecule has 0 amide bonds. The summed E-state index contributed by atoms with van der Waals surface area (Å²) in [4.78, 5) is 0. The van der Waals surface area contributed by atoms with Crippen molar-refractivity contribution in [1.29, 1.82) is 0 Å². The standard InChI is InChI=1S/C16H22N2/c1-3-4-7-15-8-10-16(11-9-15)14(2)17-18-12-5-6-13-18/h5-6,8-14,17H,3-4,7H2,1-2H3. The van der Waals surface area contributed by atoms with Crippen molar-refractivity contribution in [1.82, 2.24) is 4.68 Å². The molecule has 2 aromatic rings. The largest absolute Gasteiger partial charge is 0.319 e. The molecule has 2 rings (SSSR count). The molecular formula is C16H22N2. The minimum Gasteiger partial charge on any atom is -0.319 e. The molecule has 0 aliphatic rings. The van der Waals surface area contributed by atoms with Gasteiger partial charge in [0.15, 0.2) is 0 Å². The predicted octanol–water partition coefficient (Wildman–Crippen LogP) is 4.14. The Kier molecular flexibility index (Phi) is 4.46. The van der Waals surface area contributed by atoms with Crippen molar-refractivity contribution < 1.29 is 0 Å². The molecule has 0 spiro atoms. The highest BCUT2D eigenvalue weighted by Gasteiger charge is 2.04. The molecule has 0 aliphatic heterocycles. The zero-order valence-electron chi connectivity index (χ0n) is 11.3. The van der Waals surface area contributed by atoms with E-state index in [9.17, 15) is 0 Å². The maximum absolute atomic E-state index is 3.42. The van der Waals surface area contributed by atoms with Crippen molar-refractivity contribution in [3.63, 3.8) is 0 Å². The van der Waals surface area contributed by atoms with Crippen LogP contribution in [-0.4, -0.2) is 4.68 Å². The first kappa shape index (κ1) is 12.7. The van der Waals surface area contributed by atoms with Crippen LogP contribution in [0.1, 0.15) is 43.9 Å². The summed E-state index contributed by atoms with van der Waals surface area (Å²) >= 11 is 0. The lowest BCUT2D eigenvalue weighted by atomic mass is 10.0. The monoisotopic (exact) mass is 242 g/mol. The Morgan fingerprint density at radius 1 is 1.11 bits per heavy atom. The van der Waals surface area contributed by atoms with Crippen molar-refractivity contribution in [2.45, 2.75) is 39.2 Å². The summed E-state index contributed by atoms with van der Waals surface area (Å²) in [7, 11) is 0. The Hall–Kier alpha value is -1.70. The van der Waals surface area contributed by atoms with Crippen LogP contribution in [0.4, 0.5) is 0 Å². The smallest absolute Gasteiger partial charge is 0.0645 e. The molecule has 1 unspecified atom stereocenters. The SMILES string of the molecule is CCCCc1ccc(C(C)Nn2cccc2)cc1. The van der Waals surface area contributed by atoms with Gasteiger partial charge in [0.25, 0.3) is 0 Å². The molecule has 1 aromatic carbocycles. The van der Waals surface area contributed by atoms with E-state index >= 15 is 0 Å². The van der Waals surface area contributed by atoms with Gasteiger partial charge < -0.3 is 5.43 Å². The lowest BCUT2D eigenvalue weighted by Crippen LogP contribution is -2.16. The fourth-order valence-electron chi connectivity index (χ4n) is 2.07. The van der Waals surface area contributed by atoms with E-state index < -0.39 is 0 Å². The van der Waals surface area contributed by atoms with Gasteiger partial charge >= 0.3 is 0 Å². The Bertz CT molecular complexity index is 442. The number of aromatic nitrogens is 1. The maximum atomic E-state index is 3.42. The first-order valence-corrected chi connectivity index (χ1v) is 6.78. The van der Waals surface area contributed by atoms with Gasteiger partial charge in [0.2, 0.25) is 0 Å². The van der Waals surface area contributed by atoms with Crippen molar-refractivity contribution in [2.24, 2.45) is 0 Å². The number of hydrogen-bond donors (Lipinski definition) is 1. The van der Waals surface area contributed by atoms with Crippen LogP contribution in [0.5, 0.6) is 0 Å². The number of unbranched alkanes of at least 4 members (excludes halogenated alkanes) is 1. The highest BCUT2D eigenvalue weighted by molar-refractivity contribution is 5.26. The summed E-state index contributed by atoms with van der Waals surface area (Å²) in [5.74, 6) is 0. The van der Waals surface area contributed by atoms with Gasteiger partial charge in [-0.2, -0.15) is 0 Å². The number of aryl methyl sites for hydroxylation is 1. The van der Waals surface area contributed by atoms with Gasteiger partial charge in [-0.05, 0) is 43.0 Å². The number of nitrogens with one attached hydrogen (secondary N) is 1. The zero-order valence-corrected chi connectivity index (χ0v) is 11.3. The Morgan fingerprint density at radius 2 is 1.78 bits per heavy atom. The molecule has 0 saturated carbocycles. The van der Waals surface area contributed by atoms with Crippen LogP contribution < -0.4 is 5.43 Å². The minimum atomic E-state index is 0.317. The highest BCUT2D eigenvalue weighted by Crippen LogP contribution is 2.15. The predicted molar refractivity (Wildman–Crippen MR) is 77.3 cm³/mol. The third kappa shape index (κ3) is 3.39. The number of benzene rings is 1. The summed E-state index contributed by atoms with van der Waals surface area (Å²) in [6, 6.07) is 13.3. The van der Waals surface area contributed by atoms with E-state index in [-0.39, 0.29) is 0 Å². The third-order valence-electron chi connectivity index (χ3n) is 3.25. The number of hydrogen-bond acceptors (Lipinski definition) is 1. The summed E-state index contributed by atoms with van der Waals surface area (Å²) in [6.07, 6.45) is 7.76. The van der Waals surface area contributed by atoms with Gasteiger partial charge in [0, 0.05) is 12.4 Å². The van der Waals surface area contributed by atoms with E-state index in [0.717, 1.165) is 0 Å². The maximum Gasteiger partial charge on any atom is 0.0645 e. The summed E-state index contributed by atoms with van der Waals surface area (Å²) in [5, 5.41) is 0. The van der Waals surface area contributed by atoms with Crippen molar-refractivity contribution >= 4 is 0 Å². The normalized spacial score (nSPS) is 12.3. The zero-order chi connectivity index (χ0) is 12.8. The number of nitrogens with zero attached hydrogens (tertiary/aromatic N) is 1. The first-order chi connectivity index (χ1) is 8.79. The lowest BCUT2D eigenvalue weighted by Gasteiger charge is -2.16. The fourth-order valence-corrected chi connectivity index (χ4v) is 2.07. The molecule has 0 radical (unpaired) electrons. The second-order valence-electron chi connectivity index (χ2n) is 4.79. The van der Waals surface area contributed by atoms with Crippen LogP contribution in [-0.2, 0) is 6.42 Å². The highest BCUT2D eigenvalue weighted by atomic mass is 15.4. The van der Waals surface area contributed by atoms with Crippen molar-refractivity contribution in [3.05, 3.63) is 59.9 Å².